The number of nitrogens with zero attached hydrogens (tertiary/aromatic N) is 2. The molecule has 0 bridgehead atoms. The standard InChI is InChI=1S/C14H14BrFN2O/c1-2-7-18-14(11(15)9-17-18)13(19)8-10-5-3-4-6-12(10)16/h3-6,9H,2,7-8H2,1H3. The van der Waals surface area contributed by atoms with Crippen LogP contribution in [0.2, 0.25) is 0 Å². The fraction of sp³-hybridized carbons (Fsp3) is 0.286. The maximum Gasteiger partial charge on any atom is 0.186 e. The van der Waals surface area contributed by atoms with Crippen LogP contribution in [0.15, 0.2) is 34.9 Å². The van der Waals surface area contributed by atoms with E-state index in [1.165, 1.54) is 6.07 Å². The molecule has 0 amide bonds. The van der Waals surface area contributed by atoms with Gasteiger partial charge in [0.15, 0.2) is 5.78 Å². The van der Waals surface area contributed by atoms with Gasteiger partial charge in [-0.15, -0.1) is 0 Å². The first kappa shape index (κ1) is 13.9. The molecule has 1 aromatic heterocycles. The van der Waals surface area contributed by atoms with E-state index < -0.39 is 0 Å². The lowest BCUT2D eigenvalue weighted by Crippen LogP contribution is -2.13. The van der Waals surface area contributed by atoms with Gasteiger partial charge in [0.25, 0.3) is 0 Å². The van der Waals surface area contributed by atoms with Gasteiger partial charge in [-0.3, -0.25) is 9.48 Å². The van der Waals surface area contributed by atoms with Crippen LogP contribution in [0, 0.1) is 5.82 Å². The minimum Gasteiger partial charge on any atom is -0.292 e. The number of halogens is 2. The second-order valence-corrected chi connectivity index (χ2v) is 5.11. The number of benzene rings is 1. The molecule has 100 valence electrons. The molecule has 0 atom stereocenters. The van der Waals surface area contributed by atoms with E-state index >= 15 is 0 Å². The third kappa shape index (κ3) is 3.10. The molecule has 0 radical (unpaired) electrons. The molecule has 0 aliphatic heterocycles. The molecule has 0 N–H and O–H groups in total. The number of aryl methyl sites for hydroxylation is 1. The molecular weight excluding hydrogens is 311 g/mol. The third-order valence-corrected chi connectivity index (χ3v) is 3.38. The second-order valence-electron chi connectivity index (χ2n) is 4.26. The highest BCUT2D eigenvalue weighted by Crippen LogP contribution is 2.19. The zero-order valence-electron chi connectivity index (χ0n) is 10.6. The molecule has 3 nitrogen and oxygen atoms in total. The van der Waals surface area contributed by atoms with Crippen molar-refractivity contribution in [1.82, 2.24) is 9.78 Å². The summed E-state index contributed by atoms with van der Waals surface area (Å²) in [6, 6.07) is 6.33. The third-order valence-electron chi connectivity index (χ3n) is 2.80. The average molecular weight is 325 g/mol. The summed E-state index contributed by atoms with van der Waals surface area (Å²) in [7, 11) is 0. The minimum absolute atomic E-state index is 0.0423. The molecule has 1 heterocycles. The lowest BCUT2D eigenvalue weighted by atomic mass is 10.1. The van der Waals surface area contributed by atoms with Gasteiger partial charge in [0.2, 0.25) is 0 Å². The Kier molecular flexibility index (Phi) is 4.47. The summed E-state index contributed by atoms with van der Waals surface area (Å²) in [5.74, 6) is -0.489. The van der Waals surface area contributed by atoms with Gasteiger partial charge in [0.1, 0.15) is 11.5 Å². The molecule has 0 spiro atoms. The van der Waals surface area contributed by atoms with Crippen LogP contribution in [0.25, 0.3) is 0 Å². The van der Waals surface area contributed by atoms with E-state index in [2.05, 4.69) is 21.0 Å². The van der Waals surface area contributed by atoms with Gasteiger partial charge in [-0.2, -0.15) is 5.10 Å². The van der Waals surface area contributed by atoms with Crippen LogP contribution < -0.4 is 0 Å². The number of aromatic nitrogens is 2. The summed E-state index contributed by atoms with van der Waals surface area (Å²) < 4.78 is 15.9. The van der Waals surface area contributed by atoms with Crippen molar-refractivity contribution in [3.63, 3.8) is 0 Å². The molecule has 0 saturated heterocycles. The summed E-state index contributed by atoms with van der Waals surface area (Å²) >= 11 is 3.32. The molecule has 1 aromatic carbocycles. The molecule has 2 rings (SSSR count). The Morgan fingerprint density at radius 1 is 1.42 bits per heavy atom. The molecule has 0 saturated carbocycles. The predicted octanol–water partition coefficient (Wildman–Crippen LogP) is 3.62. The summed E-state index contributed by atoms with van der Waals surface area (Å²) in [5, 5.41) is 4.15. The van der Waals surface area contributed by atoms with E-state index in [1.54, 1.807) is 29.1 Å². The number of Topliss-reactive ketones (excluding diaryl/α,β-unsaturated/α-hetero) is 1. The van der Waals surface area contributed by atoms with Crippen molar-refractivity contribution in [2.75, 3.05) is 0 Å². The van der Waals surface area contributed by atoms with Crippen LogP contribution in [-0.4, -0.2) is 15.6 Å². The van der Waals surface area contributed by atoms with Crippen molar-refractivity contribution in [3.8, 4) is 0 Å². The average Bonchev–Trinajstić information content (AvgIpc) is 2.74. The highest BCUT2D eigenvalue weighted by Gasteiger charge is 2.18. The Morgan fingerprint density at radius 2 is 2.16 bits per heavy atom. The van der Waals surface area contributed by atoms with Gasteiger partial charge in [0.05, 0.1) is 10.7 Å². The Hall–Kier alpha value is -1.49. The number of rotatable bonds is 5. The number of hydrogen-bond acceptors (Lipinski definition) is 2. The largest absolute Gasteiger partial charge is 0.292 e. The van der Waals surface area contributed by atoms with E-state index in [1.807, 2.05) is 6.92 Å². The van der Waals surface area contributed by atoms with Crippen molar-refractivity contribution >= 4 is 21.7 Å². The van der Waals surface area contributed by atoms with Gasteiger partial charge < -0.3 is 0 Å². The topological polar surface area (TPSA) is 34.9 Å². The molecule has 0 aliphatic carbocycles. The number of carbonyl (C=O) groups is 1. The lowest BCUT2D eigenvalue weighted by Gasteiger charge is -2.06. The van der Waals surface area contributed by atoms with Gasteiger partial charge >= 0.3 is 0 Å². The SMILES string of the molecule is CCCn1ncc(Br)c1C(=O)Cc1ccccc1F. The summed E-state index contributed by atoms with van der Waals surface area (Å²) in [6.07, 6.45) is 2.53. The first-order chi connectivity index (χ1) is 9.13. The van der Waals surface area contributed by atoms with Gasteiger partial charge in [-0.25, -0.2) is 4.39 Å². The van der Waals surface area contributed by atoms with Gasteiger partial charge in [-0.05, 0) is 34.0 Å². The van der Waals surface area contributed by atoms with Crippen LogP contribution in [0.4, 0.5) is 4.39 Å². The molecule has 5 heteroatoms. The molecule has 2 aromatic rings. The quantitative estimate of drug-likeness (QED) is 0.787. The van der Waals surface area contributed by atoms with Crippen LogP contribution in [0.1, 0.15) is 29.4 Å². The van der Waals surface area contributed by atoms with Crippen LogP contribution in [0.5, 0.6) is 0 Å². The first-order valence-corrected chi connectivity index (χ1v) is 6.90. The van der Waals surface area contributed by atoms with Crippen molar-refractivity contribution in [2.45, 2.75) is 26.3 Å². The normalized spacial score (nSPS) is 10.7. The molecule has 0 unspecified atom stereocenters. The van der Waals surface area contributed by atoms with E-state index in [0.717, 1.165) is 6.42 Å². The number of ketones is 1. The number of carbonyl (C=O) groups excluding carboxylic acids is 1. The molecule has 19 heavy (non-hydrogen) atoms. The van der Waals surface area contributed by atoms with Gasteiger partial charge in [0, 0.05) is 13.0 Å². The smallest absolute Gasteiger partial charge is 0.186 e. The Labute approximate surface area is 119 Å². The van der Waals surface area contributed by atoms with Crippen LogP contribution in [-0.2, 0) is 13.0 Å². The van der Waals surface area contributed by atoms with Crippen molar-refractivity contribution < 1.29 is 9.18 Å². The Bertz CT molecular complexity index is 595. The Balaban J connectivity index is 2.25. The maximum absolute atomic E-state index is 13.6. The highest BCUT2D eigenvalue weighted by atomic mass is 79.9. The fourth-order valence-electron chi connectivity index (χ4n) is 1.92. The molecular formula is C14H14BrFN2O. The van der Waals surface area contributed by atoms with Crippen LogP contribution in [0.3, 0.4) is 0 Å². The van der Waals surface area contributed by atoms with Crippen LogP contribution >= 0.6 is 15.9 Å². The van der Waals surface area contributed by atoms with Crippen molar-refractivity contribution in [2.24, 2.45) is 0 Å². The zero-order valence-corrected chi connectivity index (χ0v) is 12.2. The first-order valence-electron chi connectivity index (χ1n) is 6.11. The molecule has 0 aliphatic rings. The monoisotopic (exact) mass is 324 g/mol. The maximum atomic E-state index is 13.6. The van der Waals surface area contributed by atoms with Crippen molar-refractivity contribution in [1.29, 1.82) is 0 Å². The minimum atomic E-state index is -0.353. The highest BCUT2D eigenvalue weighted by molar-refractivity contribution is 9.10. The van der Waals surface area contributed by atoms with E-state index in [9.17, 15) is 9.18 Å². The summed E-state index contributed by atoms with van der Waals surface area (Å²) in [4.78, 5) is 12.3. The predicted molar refractivity (Wildman–Crippen MR) is 74.7 cm³/mol. The zero-order chi connectivity index (χ0) is 13.8. The van der Waals surface area contributed by atoms with E-state index in [0.29, 0.717) is 22.3 Å². The Morgan fingerprint density at radius 3 is 2.84 bits per heavy atom. The van der Waals surface area contributed by atoms with Crippen molar-refractivity contribution in [3.05, 3.63) is 52.0 Å². The molecule has 0 fully saturated rings. The summed E-state index contributed by atoms with van der Waals surface area (Å²) in [5.41, 5.74) is 0.911. The fourth-order valence-corrected chi connectivity index (χ4v) is 2.44. The lowest BCUT2D eigenvalue weighted by molar-refractivity contribution is 0.0980. The number of hydrogen-bond donors (Lipinski definition) is 0. The summed E-state index contributed by atoms with van der Waals surface area (Å²) in [6.45, 7) is 2.69. The van der Waals surface area contributed by atoms with E-state index in [-0.39, 0.29) is 18.0 Å². The second kappa shape index (κ2) is 6.10. The van der Waals surface area contributed by atoms with Gasteiger partial charge in [-0.1, -0.05) is 25.1 Å². The van der Waals surface area contributed by atoms with E-state index in [4.69, 9.17) is 0 Å².